The van der Waals surface area contributed by atoms with Gasteiger partial charge in [-0.05, 0) is 17.5 Å². The Morgan fingerprint density at radius 3 is 3.12 bits per heavy atom. The molecule has 0 aliphatic carbocycles. The smallest absolute Gasteiger partial charge is 0.201 e. The molecule has 0 aromatic carbocycles. The van der Waals surface area contributed by atoms with E-state index in [4.69, 9.17) is 5.73 Å². The van der Waals surface area contributed by atoms with Gasteiger partial charge in [0, 0.05) is 11.1 Å². The fraction of sp³-hybridized carbons (Fsp3) is 0.0909. The van der Waals surface area contributed by atoms with Crippen LogP contribution < -0.4 is 5.73 Å². The zero-order chi connectivity index (χ0) is 11.0. The summed E-state index contributed by atoms with van der Waals surface area (Å²) >= 11 is 1.72. The molecule has 0 aliphatic rings. The first-order valence-corrected chi connectivity index (χ1v) is 5.80. The Labute approximate surface area is 96.4 Å². The minimum Gasteiger partial charge on any atom is -0.369 e. The standard InChI is InChI=1S/C11H10N4S/c12-11-14-9-6-13-4-3-10(9)15(11)7-8-2-1-5-16-8/h1-6H,7H2,(H2,12,14). The number of fused-ring (bicyclic) bond motifs is 1. The van der Waals surface area contributed by atoms with Crippen LogP contribution in [0.25, 0.3) is 11.0 Å². The lowest BCUT2D eigenvalue weighted by atomic mass is 10.4. The number of hydrogen-bond donors (Lipinski definition) is 1. The van der Waals surface area contributed by atoms with Crippen molar-refractivity contribution >= 4 is 28.3 Å². The first kappa shape index (κ1) is 9.35. The molecule has 3 aromatic heterocycles. The van der Waals surface area contributed by atoms with Gasteiger partial charge >= 0.3 is 0 Å². The number of pyridine rings is 1. The molecule has 0 bridgehead atoms. The Balaban J connectivity index is 2.12. The van der Waals surface area contributed by atoms with Crippen molar-refractivity contribution in [2.75, 3.05) is 5.73 Å². The van der Waals surface area contributed by atoms with E-state index in [0.717, 1.165) is 17.6 Å². The Hall–Kier alpha value is -1.88. The van der Waals surface area contributed by atoms with E-state index in [0.29, 0.717) is 5.95 Å². The third kappa shape index (κ3) is 1.45. The lowest BCUT2D eigenvalue weighted by molar-refractivity contribution is 0.852. The zero-order valence-electron chi connectivity index (χ0n) is 8.50. The highest BCUT2D eigenvalue weighted by molar-refractivity contribution is 7.09. The second-order valence-corrected chi connectivity index (χ2v) is 4.53. The number of aromatic nitrogens is 3. The van der Waals surface area contributed by atoms with Gasteiger partial charge in [-0.15, -0.1) is 11.3 Å². The van der Waals surface area contributed by atoms with Crippen molar-refractivity contribution in [3.8, 4) is 0 Å². The number of thiophene rings is 1. The normalized spacial score (nSPS) is 11.0. The third-order valence-corrected chi connectivity index (χ3v) is 3.34. The predicted octanol–water partition coefficient (Wildman–Crippen LogP) is 2.12. The van der Waals surface area contributed by atoms with Crippen LogP contribution in [0.4, 0.5) is 5.95 Å². The molecule has 5 heteroatoms. The summed E-state index contributed by atoms with van der Waals surface area (Å²) in [6, 6.07) is 6.07. The summed E-state index contributed by atoms with van der Waals surface area (Å²) in [5.74, 6) is 0.538. The van der Waals surface area contributed by atoms with Crippen LogP contribution >= 0.6 is 11.3 Å². The molecule has 0 atom stereocenters. The summed E-state index contributed by atoms with van der Waals surface area (Å²) in [6.45, 7) is 0.768. The number of nitrogen functional groups attached to an aromatic ring is 1. The number of nitrogens with two attached hydrogens (primary N) is 1. The van der Waals surface area contributed by atoms with Crippen molar-refractivity contribution < 1.29 is 0 Å². The highest BCUT2D eigenvalue weighted by atomic mass is 32.1. The van der Waals surface area contributed by atoms with Gasteiger partial charge in [0.05, 0.1) is 18.3 Å². The van der Waals surface area contributed by atoms with Crippen LogP contribution in [0.3, 0.4) is 0 Å². The number of hydrogen-bond acceptors (Lipinski definition) is 4. The Morgan fingerprint density at radius 1 is 1.38 bits per heavy atom. The molecular formula is C11H10N4S. The highest BCUT2D eigenvalue weighted by Gasteiger charge is 2.08. The fourth-order valence-electron chi connectivity index (χ4n) is 1.72. The van der Waals surface area contributed by atoms with E-state index in [1.807, 2.05) is 16.7 Å². The van der Waals surface area contributed by atoms with Crippen LogP contribution in [0.5, 0.6) is 0 Å². The van der Waals surface area contributed by atoms with Crippen LogP contribution in [0, 0.1) is 0 Å². The quantitative estimate of drug-likeness (QED) is 0.733. The van der Waals surface area contributed by atoms with Gasteiger partial charge in [0.15, 0.2) is 0 Å². The maximum absolute atomic E-state index is 5.90. The summed E-state index contributed by atoms with van der Waals surface area (Å²) in [5, 5.41) is 2.06. The van der Waals surface area contributed by atoms with E-state index >= 15 is 0 Å². The van der Waals surface area contributed by atoms with Gasteiger partial charge in [-0.2, -0.15) is 0 Å². The van der Waals surface area contributed by atoms with E-state index < -0.39 is 0 Å². The molecule has 4 nitrogen and oxygen atoms in total. The van der Waals surface area contributed by atoms with Gasteiger partial charge in [0.25, 0.3) is 0 Å². The molecule has 80 valence electrons. The van der Waals surface area contributed by atoms with Gasteiger partial charge in [-0.3, -0.25) is 4.98 Å². The second-order valence-electron chi connectivity index (χ2n) is 3.50. The zero-order valence-corrected chi connectivity index (χ0v) is 9.31. The molecule has 0 unspecified atom stereocenters. The van der Waals surface area contributed by atoms with Crippen molar-refractivity contribution in [2.45, 2.75) is 6.54 Å². The number of nitrogens with zero attached hydrogens (tertiary/aromatic N) is 3. The van der Waals surface area contributed by atoms with E-state index in [1.54, 1.807) is 23.7 Å². The second kappa shape index (κ2) is 3.61. The molecule has 2 N–H and O–H groups in total. The van der Waals surface area contributed by atoms with Crippen LogP contribution in [-0.4, -0.2) is 14.5 Å². The highest BCUT2D eigenvalue weighted by Crippen LogP contribution is 2.19. The molecule has 0 fully saturated rings. The van der Waals surface area contributed by atoms with Crippen LogP contribution in [0.1, 0.15) is 4.88 Å². The largest absolute Gasteiger partial charge is 0.369 e. The lowest BCUT2D eigenvalue weighted by Gasteiger charge is -2.03. The molecule has 16 heavy (non-hydrogen) atoms. The fourth-order valence-corrected chi connectivity index (χ4v) is 2.42. The topological polar surface area (TPSA) is 56.7 Å². The maximum Gasteiger partial charge on any atom is 0.201 e. The molecule has 0 amide bonds. The van der Waals surface area contributed by atoms with Crippen molar-refractivity contribution in [1.82, 2.24) is 14.5 Å². The van der Waals surface area contributed by atoms with Gasteiger partial charge in [0.1, 0.15) is 5.52 Å². The number of anilines is 1. The summed E-state index contributed by atoms with van der Waals surface area (Å²) in [6.07, 6.45) is 3.49. The van der Waals surface area contributed by atoms with Crippen LogP contribution in [-0.2, 0) is 6.54 Å². The molecule has 0 radical (unpaired) electrons. The number of imidazole rings is 1. The van der Waals surface area contributed by atoms with Gasteiger partial charge in [-0.1, -0.05) is 6.07 Å². The van der Waals surface area contributed by atoms with E-state index in [9.17, 15) is 0 Å². The van der Waals surface area contributed by atoms with Crippen molar-refractivity contribution in [1.29, 1.82) is 0 Å². The lowest BCUT2D eigenvalue weighted by Crippen LogP contribution is -2.03. The third-order valence-electron chi connectivity index (χ3n) is 2.47. The SMILES string of the molecule is Nc1nc2cnccc2n1Cc1cccs1. The average molecular weight is 230 g/mol. The number of rotatable bonds is 2. The molecule has 0 spiro atoms. The Bertz CT molecular complexity index is 612. The summed E-state index contributed by atoms with van der Waals surface area (Å²) in [7, 11) is 0. The van der Waals surface area contributed by atoms with Gasteiger partial charge in [0.2, 0.25) is 5.95 Å². The van der Waals surface area contributed by atoms with E-state index in [1.165, 1.54) is 4.88 Å². The van der Waals surface area contributed by atoms with Gasteiger partial charge in [-0.25, -0.2) is 4.98 Å². The monoisotopic (exact) mass is 230 g/mol. The summed E-state index contributed by atoms with van der Waals surface area (Å²) in [4.78, 5) is 9.58. The molecular weight excluding hydrogens is 220 g/mol. The molecule has 3 aromatic rings. The van der Waals surface area contributed by atoms with Crippen molar-refractivity contribution in [3.05, 3.63) is 40.8 Å². The molecule has 0 aliphatic heterocycles. The molecule has 0 saturated heterocycles. The Kier molecular flexibility index (Phi) is 2.11. The van der Waals surface area contributed by atoms with Gasteiger partial charge < -0.3 is 10.3 Å². The van der Waals surface area contributed by atoms with E-state index in [2.05, 4.69) is 21.4 Å². The first-order chi connectivity index (χ1) is 7.84. The maximum atomic E-state index is 5.90. The average Bonchev–Trinajstić information content (AvgIpc) is 2.89. The summed E-state index contributed by atoms with van der Waals surface area (Å²) in [5.41, 5.74) is 7.77. The van der Waals surface area contributed by atoms with Crippen molar-refractivity contribution in [2.24, 2.45) is 0 Å². The molecule has 3 rings (SSSR count). The predicted molar refractivity (Wildman–Crippen MR) is 65.4 cm³/mol. The molecule has 3 heterocycles. The van der Waals surface area contributed by atoms with E-state index in [-0.39, 0.29) is 0 Å². The first-order valence-electron chi connectivity index (χ1n) is 4.93. The van der Waals surface area contributed by atoms with Crippen molar-refractivity contribution in [3.63, 3.8) is 0 Å². The Morgan fingerprint density at radius 2 is 2.31 bits per heavy atom. The minimum atomic E-state index is 0.538. The van der Waals surface area contributed by atoms with Crippen LogP contribution in [0.2, 0.25) is 0 Å². The van der Waals surface area contributed by atoms with Crippen LogP contribution in [0.15, 0.2) is 36.0 Å². The molecule has 0 saturated carbocycles. The minimum absolute atomic E-state index is 0.538. The summed E-state index contributed by atoms with van der Waals surface area (Å²) < 4.78 is 2.00.